The van der Waals surface area contributed by atoms with E-state index in [0.29, 0.717) is 5.92 Å². The zero-order valence-electron chi connectivity index (χ0n) is 6.64. The monoisotopic (exact) mass is 162 g/mol. The molecule has 1 aliphatic carbocycles. The van der Waals surface area contributed by atoms with E-state index < -0.39 is 0 Å². The number of hydrogen-bond acceptors (Lipinski definition) is 1. The van der Waals surface area contributed by atoms with Gasteiger partial charge in [0.1, 0.15) is 0 Å². The Balaban J connectivity index is 0.000000810. The summed E-state index contributed by atoms with van der Waals surface area (Å²) < 4.78 is 0. The number of aliphatic hydroxyl groups is 1. The molecule has 0 spiro atoms. The molecule has 1 rings (SSSR count). The van der Waals surface area contributed by atoms with Gasteiger partial charge in [-0.25, -0.2) is 0 Å². The van der Waals surface area contributed by atoms with Gasteiger partial charge in [0, 0.05) is 0 Å². The SMILES string of the molecule is C[C@@H](O)C1CCCCC1.S. The molecule has 1 saturated carbocycles. The molecule has 1 nitrogen and oxygen atoms in total. The fourth-order valence-electron chi connectivity index (χ4n) is 1.62. The van der Waals surface area contributed by atoms with E-state index >= 15 is 0 Å². The molecule has 0 aliphatic heterocycles. The molecule has 0 radical (unpaired) electrons. The lowest BCUT2D eigenvalue weighted by atomic mass is 9.86. The molecule has 0 aromatic rings. The number of hydrogen-bond donors (Lipinski definition) is 1. The van der Waals surface area contributed by atoms with Gasteiger partial charge in [-0.1, -0.05) is 19.3 Å². The van der Waals surface area contributed by atoms with Gasteiger partial charge in [-0.05, 0) is 25.7 Å². The van der Waals surface area contributed by atoms with Crippen molar-refractivity contribution in [2.75, 3.05) is 0 Å². The van der Waals surface area contributed by atoms with Crippen LogP contribution in [-0.4, -0.2) is 11.2 Å². The van der Waals surface area contributed by atoms with Gasteiger partial charge in [0.05, 0.1) is 6.10 Å². The Hall–Kier alpha value is 0.310. The van der Waals surface area contributed by atoms with E-state index in [1.165, 1.54) is 32.1 Å². The van der Waals surface area contributed by atoms with E-state index in [1.807, 2.05) is 6.92 Å². The predicted molar refractivity (Wildman–Crippen MR) is 48.6 cm³/mol. The summed E-state index contributed by atoms with van der Waals surface area (Å²) in [6.07, 6.45) is 6.47. The third-order valence-corrected chi connectivity index (χ3v) is 2.33. The van der Waals surface area contributed by atoms with Crippen LogP contribution in [-0.2, 0) is 0 Å². The molecule has 0 saturated heterocycles. The first-order valence-electron chi connectivity index (χ1n) is 3.99. The highest BCUT2D eigenvalue weighted by molar-refractivity contribution is 7.59. The summed E-state index contributed by atoms with van der Waals surface area (Å²) in [4.78, 5) is 0. The Morgan fingerprint density at radius 1 is 1.20 bits per heavy atom. The van der Waals surface area contributed by atoms with Crippen LogP contribution >= 0.6 is 13.5 Å². The van der Waals surface area contributed by atoms with E-state index in [4.69, 9.17) is 0 Å². The topological polar surface area (TPSA) is 20.2 Å². The summed E-state index contributed by atoms with van der Waals surface area (Å²) in [5.41, 5.74) is 0. The first-order chi connectivity index (χ1) is 4.30. The van der Waals surface area contributed by atoms with E-state index in [2.05, 4.69) is 0 Å². The second kappa shape index (κ2) is 5.03. The van der Waals surface area contributed by atoms with Gasteiger partial charge in [-0.2, -0.15) is 13.5 Å². The number of rotatable bonds is 1. The Morgan fingerprint density at radius 3 is 2.00 bits per heavy atom. The van der Waals surface area contributed by atoms with Crippen LogP contribution in [0.1, 0.15) is 39.0 Å². The largest absolute Gasteiger partial charge is 0.393 e. The summed E-state index contributed by atoms with van der Waals surface area (Å²) in [6, 6.07) is 0. The maximum atomic E-state index is 9.18. The minimum Gasteiger partial charge on any atom is -0.393 e. The molecule has 0 aromatic heterocycles. The van der Waals surface area contributed by atoms with Crippen molar-refractivity contribution >= 4 is 13.5 Å². The maximum Gasteiger partial charge on any atom is 0.0540 e. The van der Waals surface area contributed by atoms with E-state index in [1.54, 1.807) is 0 Å². The molecule has 1 atom stereocenters. The highest BCUT2D eigenvalue weighted by Crippen LogP contribution is 2.25. The predicted octanol–water partition coefficient (Wildman–Crippen LogP) is 2.06. The minimum atomic E-state index is -0.0645. The molecule has 0 heterocycles. The standard InChI is InChI=1S/C8H16O.H2S/c1-7(9)8-5-3-2-4-6-8;/h7-9H,2-6H2,1H3;1H2/t7-;/m1./s1. The van der Waals surface area contributed by atoms with Crippen molar-refractivity contribution in [1.29, 1.82) is 0 Å². The highest BCUT2D eigenvalue weighted by Gasteiger charge is 2.17. The van der Waals surface area contributed by atoms with Crippen LogP contribution in [0.4, 0.5) is 0 Å². The first-order valence-corrected chi connectivity index (χ1v) is 3.99. The van der Waals surface area contributed by atoms with E-state index in [-0.39, 0.29) is 19.6 Å². The normalized spacial score (nSPS) is 23.4. The molecule has 0 amide bonds. The Kier molecular flexibility index (Phi) is 5.18. The minimum absolute atomic E-state index is 0. The Morgan fingerprint density at radius 2 is 1.70 bits per heavy atom. The van der Waals surface area contributed by atoms with Crippen LogP contribution in [0, 0.1) is 5.92 Å². The molecule has 0 bridgehead atoms. The smallest absolute Gasteiger partial charge is 0.0540 e. The van der Waals surface area contributed by atoms with Crippen LogP contribution < -0.4 is 0 Å². The lowest BCUT2D eigenvalue weighted by molar-refractivity contribution is 0.101. The first kappa shape index (κ1) is 10.3. The maximum absolute atomic E-state index is 9.18. The van der Waals surface area contributed by atoms with Crippen molar-refractivity contribution in [2.45, 2.75) is 45.1 Å². The van der Waals surface area contributed by atoms with Crippen LogP contribution in [0.25, 0.3) is 0 Å². The number of aliphatic hydroxyl groups excluding tert-OH is 1. The average Bonchev–Trinajstić information content (AvgIpc) is 1.90. The van der Waals surface area contributed by atoms with Gasteiger partial charge in [-0.3, -0.25) is 0 Å². The van der Waals surface area contributed by atoms with Gasteiger partial charge in [-0.15, -0.1) is 0 Å². The molecule has 0 unspecified atom stereocenters. The van der Waals surface area contributed by atoms with Crippen molar-refractivity contribution < 1.29 is 5.11 Å². The lowest BCUT2D eigenvalue weighted by Gasteiger charge is -2.23. The van der Waals surface area contributed by atoms with Crippen LogP contribution in [0.3, 0.4) is 0 Å². The lowest BCUT2D eigenvalue weighted by Crippen LogP contribution is -2.19. The van der Waals surface area contributed by atoms with Gasteiger partial charge < -0.3 is 5.11 Å². The quantitative estimate of drug-likeness (QED) is 0.626. The summed E-state index contributed by atoms with van der Waals surface area (Å²) in [6.45, 7) is 1.91. The molecular weight excluding hydrogens is 144 g/mol. The van der Waals surface area contributed by atoms with Gasteiger partial charge in [0.15, 0.2) is 0 Å². The second-order valence-corrected chi connectivity index (χ2v) is 3.14. The Bertz CT molecular complexity index is 77.3. The van der Waals surface area contributed by atoms with Crippen LogP contribution in [0.15, 0.2) is 0 Å². The van der Waals surface area contributed by atoms with Gasteiger partial charge >= 0.3 is 0 Å². The van der Waals surface area contributed by atoms with Crippen molar-refractivity contribution in [3.63, 3.8) is 0 Å². The van der Waals surface area contributed by atoms with Crippen LogP contribution in [0.5, 0.6) is 0 Å². The van der Waals surface area contributed by atoms with E-state index in [0.717, 1.165) is 0 Å². The van der Waals surface area contributed by atoms with Crippen molar-refractivity contribution in [3.05, 3.63) is 0 Å². The fourth-order valence-corrected chi connectivity index (χ4v) is 1.62. The molecular formula is C8H18OS. The summed E-state index contributed by atoms with van der Waals surface area (Å²) >= 11 is 0. The Labute approximate surface area is 70.3 Å². The molecule has 62 valence electrons. The fraction of sp³-hybridized carbons (Fsp3) is 1.00. The second-order valence-electron chi connectivity index (χ2n) is 3.14. The van der Waals surface area contributed by atoms with Crippen molar-refractivity contribution in [2.24, 2.45) is 5.92 Å². The molecule has 1 N–H and O–H groups in total. The molecule has 0 aromatic carbocycles. The molecule has 2 heteroatoms. The summed E-state index contributed by atoms with van der Waals surface area (Å²) in [5.74, 6) is 0.610. The highest BCUT2D eigenvalue weighted by atomic mass is 32.1. The van der Waals surface area contributed by atoms with Gasteiger partial charge in [0.2, 0.25) is 0 Å². The molecule has 1 fully saturated rings. The molecule has 10 heavy (non-hydrogen) atoms. The van der Waals surface area contributed by atoms with E-state index in [9.17, 15) is 5.11 Å². The zero-order valence-corrected chi connectivity index (χ0v) is 7.64. The third-order valence-electron chi connectivity index (χ3n) is 2.33. The zero-order chi connectivity index (χ0) is 6.69. The van der Waals surface area contributed by atoms with Crippen LogP contribution in [0.2, 0.25) is 0 Å². The van der Waals surface area contributed by atoms with Crippen molar-refractivity contribution in [3.8, 4) is 0 Å². The average molecular weight is 162 g/mol. The van der Waals surface area contributed by atoms with Crippen molar-refractivity contribution in [1.82, 2.24) is 0 Å². The van der Waals surface area contributed by atoms with Gasteiger partial charge in [0.25, 0.3) is 0 Å². The third kappa shape index (κ3) is 2.93. The summed E-state index contributed by atoms with van der Waals surface area (Å²) in [5, 5.41) is 9.18. The summed E-state index contributed by atoms with van der Waals surface area (Å²) in [7, 11) is 0. The molecule has 1 aliphatic rings.